The van der Waals surface area contributed by atoms with Gasteiger partial charge in [-0.1, -0.05) is 35.9 Å². The molecule has 1 saturated heterocycles. The first kappa shape index (κ1) is 16.1. The Morgan fingerprint density at radius 1 is 1.25 bits per heavy atom. The molecule has 1 heterocycles. The summed E-state index contributed by atoms with van der Waals surface area (Å²) in [4.78, 5) is 25.4. The number of anilines is 1. The number of phenols is 1. The molecule has 0 saturated carbocycles. The molecule has 0 aliphatic carbocycles. The Morgan fingerprint density at radius 2 is 2.08 bits per heavy atom. The van der Waals surface area contributed by atoms with E-state index in [1.54, 1.807) is 42.5 Å². The fourth-order valence-electron chi connectivity index (χ4n) is 2.35. The van der Waals surface area contributed by atoms with E-state index in [9.17, 15) is 14.7 Å². The molecule has 1 aliphatic heterocycles. The van der Waals surface area contributed by atoms with Crippen LogP contribution < -0.4 is 4.90 Å². The number of ketones is 1. The number of hydrogen-bond donors (Lipinski definition) is 1. The summed E-state index contributed by atoms with van der Waals surface area (Å²) < 4.78 is 4.90. The Labute approximate surface area is 143 Å². The average Bonchev–Trinajstić information content (AvgIpc) is 3.02. The molecule has 1 fully saturated rings. The molecule has 1 N–H and O–H groups in total. The maximum Gasteiger partial charge on any atom is 0.414 e. The topological polar surface area (TPSA) is 66.8 Å². The second kappa shape index (κ2) is 6.76. The smallest absolute Gasteiger partial charge is 0.414 e. The van der Waals surface area contributed by atoms with Crippen LogP contribution in [0.15, 0.2) is 48.5 Å². The number of hydrogen-bond acceptors (Lipinski definition) is 4. The molecule has 3 rings (SSSR count). The van der Waals surface area contributed by atoms with Crippen molar-refractivity contribution < 1.29 is 19.4 Å². The highest BCUT2D eigenvalue weighted by molar-refractivity contribution is 6.32. The van der Waals surface area contributed by atoms with E-state index in [0.717, 1.165) is 0 Å². The molecule has 2 aromatic rings. The summed E-state index contributed by atoms with van der Waals surface area (Å²) >= 11 is 5.84. The molecule has 0 unspecified atom stereocenters. The molecule has 1 amide bonds. The Bertz CT molecular complexity index is 832. The van der Waals surface area contributed by atoms with Gasteiger partial charge in [0.05, 0.1) is 11.6 Å². The van der Waals surface area contributed by atoms with E-state index >= 15 is 0 Å². The molecule has 0 bridgehead atoms. The third-order valence-corrected chi connectivity index (χ3v) is 3.90. The maximum absolute atomic E-state index is 12.3. The van der Waals surface area contributed by atoms with Gasteiger partial charge in [-0.3, -0.25) is 9.69 Å². The lowest BCUT2D eigenvalue weighted by Crippen LogP contribution is -2.23. The molecular formula is C18H14ClNO4. The van der Waals surface area contributed by atoms with Crippen LogP contribution in [0, 0.1) is 0 Å². The number of carbonyl (C=O) groups is 2. The fourth-order valence-corrected chi connectivity index (χ4v) is 2.54. The lowest BCUT2D eigenvalue weighted by Gasteiger charge is -2.13. The molecule has 0 atom stereocenters. The summed E-state index contributed by atoms with van der Waals surface area (Å²) in [5.74, 6) is -0.209. The van der Waals surface area contributed by atoms with Gasteiger partial charge in [0, 0.05) is 11.3 Å². The van der Waals surface area contributed by atoms with Gasteiger partial charge in [-0.15, -0.1) is 0 Å². The molecule has 0 aromatic heterocycles. The first-order valence-electron chi connectivity index (χ1n) is 7.30. The minimum Gasteiger partial charge on any atom is -0.506 e. The normalized spacial score (nSPS) is 14.2. The lowest BCUT2D eigenvalue weighted by atomic mass is 10.1. The van der Waals surface area contributed by atoms with Gasteiger partial charge in [0.15, 0.2) is 5.78 Å². The number of benzene rings is 2. The number of cyclic esters (lactones) is 1. The van der Waals surface area contributed by atoms with Crippen molar-refractivity contribution in [3.8, 4) is 5.75 Å². The van der Waals surface area contributed by atoms with Crippen molar-refractivity contribution in [2.24, 2.45) is 0 Å². The van der Waals surface area contributed by atoms with Crippen molar-refractivity contribution in [1.82, 2.24) is 0 Å². The van der Waals surface area contributed by atoms with E-state index in [0.29, 0.717) is 30.0 Å². The van der Waals surface area contributed by atoms with Gasteiger partial charge in [0.2, 0.25) is 0 Å². The number of halogens is 1. The molecule has 0 spiro atoms. The van der Waals surface area contributed by atoms with E-state index in [2.05, 4.69) is 0 Å². The molecule has 122 valence electrons. The zero-order chi connectivity index (χ0) is 17.1. The van der Waals surface area contributed by atoms with Crippen molar-refractivity contribution in [3.05, 3.63) is 64.7 Å². The second-order valence-corrected chi connectivity index (χ2v) is 5.63. The largest absolute Gasteiger partial charge is 0.506 e. The molecule has 6 heteroatoms. The van der Waals surface area contributed by atoms with Crippen molar-refractivity contribution in [3.63, 3.8) is 0 Å². The quantitative estimate of drug-likeness (QED) is 0.675. The van der Waals surface area contributed by atoms with Crippen molar-refractivity contribution in [2.75, 3.05) is 18.1 Å². The Kier molecular flexibility index (Phi) is 4.53. The summed E-state index contributed by atoms with van der Waals surface area (Å²) in [6.45, 7) is 0.816. The van der Waals surface area contributed by atoms with Crippen LogP contribution in [0.1, 0.15) is 15.9 Å². The van der Waals surface area contributed by atoms with E-state index < -0.39 is 6.09 Å². The van der Waals surface area contributed by atoms with Gasteiger partial charge in [-0.2, -0.15) is 0 Å². The molecule has 5 nitrogen and oxygen atoms in total. The molecule has 2 aromatic carbocycles. The minimum atomic E-state index is -0.408. The zero-order valence-electron chi connectivity index (χ0n) is 12.6. The minimum absolute atomic E-state index is 0.00894. The number of aromatic hydroxyl groups is 1. The van der Waals surface area contributed by atoms with Crippen LogP contribution >= 0.6 is 11.6 Å². The van der Waals surface area contributed by atoms with Gasteiger partial charge in [-0.25, -0.2) is 4.79 Å². The predicted octanol–water partition coefficient (Wildman–Crippen LogP) is 3.90. The lowest BCUT2D eigenvalue weighted by molar-refractivity contribution is 0.104. The fraction of sp³-hybridized carbons (Fsp3) is 0.111. The molecular weight excluding hydrogens is 330 g/mol. The summed E-state index contributed by atoms with van der Waals surface area (Å²) in [5, 5.41) is 9.61. The number of nitrogens with zero attached hydrogens (tertiary/aromatic N) is 1. The van der Waals surface area contributed by atoms with E-state index in [1.165, 1.54) is 17.0 Å². The Morgan fingerprint density at radius 3 is 2.79 bits per heavy atom. The highest BCUT2D eigenvalue weighted by atomic mass is 35.5. The van der Waals surface area contributed by atoms with Crippen LogP contribution in [0.25, 0.3) is 6.08 Å². The van der Waals surface area contributed by atoms with Crippen molar-refractivity contribution in [2.45, 2.75) is 0 Å². The number of amides is 1. The third-order valence-electron chi connectivity index (χ3n) is 3.60. The summed E-state index contributed by atoms with van der Waals surface area (Å²) in [6.07, 6.45) is 2.63. The van der Waals surface area contributed by atoms with E-state index in [4.69, 9.17) is 16.3 Å². The van der Waals surface area contributed by atoms with Crippen LogP contribution in [-0.4, -0.2) is 30.1 Å². The van der Waals surface area contributed by atoms with Gasteiger partial charge < -0.3 is 9.84 Å². The standard InChI is InChI=1S/C18H14ClNO4/c19-15-10-12(5-7-17(15)22)4-6-16(21)13-2-1-3-14(11-13)20-8-9-24-18(20)23/h1-7,10-11,22H,8-9H2/b6-4+. The SMILES string of the molecule is O=C(/C=C/c1ccc(O)c(Cl)c1)c1cccc(N2CCOC2=O)c1. The zero-order valence-corrected chi connectivity index (χ0v) is 13.4. The molecule has 0 radical (unpaired) electrons. The number of carbonyl (C=O) groups excluding carboxylic acids is 2. The number of ether oxygens (including phenoxy) is 1. The average molecular weight is 344 g/mol. The first-order valence-corrected chi connectivity index (χ1v) is 7.68. The van der Waals surface area contributed by atoms with Crippen LogP contribution in [0.5, 0.6) is 5.75 Å². The van der Waals surface area contributed by atoms with E-state index in [-0.39, 0.29) is 16.6 Å². The highest BCUT2D eigenvalue weighted by Gasteiger charge is 2.23. The van der Waals surface area contributed by atoms with Crippen LogP contribution in [0.3, 0.4) is 0 Å². The van der Waals surface area contributed by atoms with Gasteiger partial charge in [0.1, 0.15) is 12.4 Å². The van der Waals surface area contributed by atoms with Crippen molar-refractivity contribution in [1.29, 1.82) is 0 Å². The summed E-state index contributed by atoms with van der Waals surface area (Å²) in [6, 6.07) is 11.5. The van der Waals surface area contributed by atoms with Crippen LogP contribution in [0.4, 0.5) is 10.5 Å². The monoisotopic (exact) mass is 343 g/mol. The Hall–Kier alpha value is -2.79. The maximum atomic E-state index is 12.3. The van der Waals surface area contributed by atoms with Gasteiger partial charge >= 0.3 is 6.09 Å². The third kappa shape index (κ3) is 3.41. The second-order valence-electron chi connectivity index (χ2n) is 5.22. The predicted molar refractivity (Wildman–Crippen MR) is 91.6 cm³/mol. The molecule has 1 aliphatic rings. The number of phenolic OH excluding ortho intramolecular Hbond substituents is 1. The Balaban J connectivity index is 1.78. The van der Waals surface area contributed by atoms with Gasteiger partial charge in [-0.05, 0) is 35.9 Å². The van der Waals surface area contributed by atoms with Crippen LogP contribution in [0.2, 0.25) is 5.02 Å². The summed E-state index contributed by atoms with van der Waals surface area (Å²) in [7, 11) is 0. The number of rotatable bonds is 4. The van der Waals surface area contributed by atoms with E-state index in [1.807, 2.05) is 0 Å². The van der Waals surface area contributed by atoms with Gasteiger partial charge in [0.25, 0.3) is 0 Å². The summed E-state index contributed by atoms with van der Waals surface area (Å²) in [5.41, 5.74) is 1.79. The van der Waals surface area contributed by atoms with Crippen LogP contribution in [-0.2, 0) is 4.74 Å². The highest BCUT2D eigenvalue weighted by Crippen LogP contribution is 2.24. The number of allylic oxidation sites excluding steroid dienone is 1. The first-order chi connectivity index (χ1) is 11.5. The molecule has 24 heavy (non-hydrogen) atoms. The van der Waals surface area contributed by atoms with Crippen molar-refractivity contribution >= 4 is 35.2 Å².